The lowest BCUT2D eigenvalue weighted by molar-refractivity contribution is -0.122. The predicted molar refractivity (Wildman–Crippen MR) is 82.1 cm³/mol. The van der Waals surface area contributed by atoms with E-state index in [1.54, 1.807) is 6.92 Å². The van der Waals surface area contributed by atoms with Crippen molar-refractivity contribution in [1.29, 1.82) is 0 Å². The van der Waals surface area contributed by atoms with Gasteiger partial charge < -0.3 is 16.0 Å². The van der Waals surface area contributed by atoms with E-state index in [-0.39, 0.29) is 11.8 Å². The van der Waals surface area contributed by atoms with Crippen LogP contribution in [0.1, 0.15) is 41.8 Å². The lowest BCUT2D eigenvalue weighted by Crippen LogP contribution is -2.45. The molecule has 5 heteroatoms. The van der Waals surface area contributed by atoms with Gasteiger partial charge in [-0.3, -0.25) is 9.59 Å². The maximum absolute atomic E-state index is 12.2. The Hall–Kier alpha value is -1.88. The summed E-state index contributed by atoms with van der Waals surface area (Å²) < 4.78 is 0. The number of rotatable bonds is 5. The van der Waals surface area contributed by atoms with Gasteiger partial charge in [0.05, 0.1) is 0 Å². The monoisotopic (exact) mass is 289 g/mol. The van der Waals surface area contributed by atoms with Crippen LogP contribution in [0.3, 0.4) is 0 Å². The Morgan fingerprint density at radius 2 is 2.14 bits per heavy atom. The Balaban J connectivity index is 1.98. The van der Waals surface area contributed by atoms with E-state index in [1.807, 2.05) is 25.1 Å². The highest BCUT2D eigenvalue weighted by Crippen LogP contribution is 2.15. The Kier molecular flexibility index (Phi) is 5.33. The fourth-order valence-corrected chi connectivity index (χ4v) is 2.37. The molecule has 2 amide bonds. The SMILES string of the molecule is CCCNC(=O)C(C)NC(=O)c1ccc2c(c1)CNCC2. The summed E-state index contributed by atoms with van der Waals surface area (Å²) in [5.41, 5.74) is 3.06. The fourth-order valence-electron chi connectivity index (χ4n) is 2.37. The average Bonchev–Trinajstić information content (AvgIpc) is 2.51. The van der Waals surface area contributed by atoms with Crippen molar-refractivity contribution in [3.05, 3.63) is 34.9 Å². The van der Waals surface area contributed by atoms with E-state index in [9.17, 15) is 9.59 Å². The molecule has 0 spiro atoms. The Morgan fingerprint density at radius 3 is 2.90 bits per heavy atom. The van der Waals surface area contributed by atoms with Crippen LogP contribution in [0.5, 0.6) is 0 Å². The molecule has 1 aliphatic heterocycles. The molecule has 5 nitrogen and oxygen atoms in total. The minimum Gasteiger partial charge on any atom is -0.354 e. The molecule has 1 aliphatic rings. The molecule has 2 rings (SSSR count). The maximum atomic E-state index is 12.2. The first kappa shape index (κ1) is 15.5. The van der Waals surface area contributed by atoms with Gasteiger partial charge >= 0.3 is 0 Å². The number of carbonyl (C=O) groups excluding carboxylic acids is 2. The molecule has 0 saturated heterocycles. The highest BCUT2D eigenvalue weighted by molar-refractivity contribution is 5.97. The number of benzene rings is 1. The molecule has 1 aromatic rings. The first-order chi connectivity index (χ1) is 10.1. The van der Waals surface area contributed by atoms with Crippen LogP contribution in [0.2, 0.25) is 0 Å². The summed E-state index contributed by atoms with van der Waals surface area (Å²) in [6.45, 7) is 6.09. The first-order valence-electron chi connectivity index (χ1n) is 7.53. The first-order valence-corrected chi connectivity index (χ1v) is 7.53. The summed E-state index contributed by atoms with van der Waals surface area (Å²) >= 11 is 0. The van der Waals surface area contributed by atoms with Gasteiger partial charge in [0.25, 0.3) is 5.91 Å². The second-order valence-electron chi connectivity index (χ2n) is 5.40. The van der Waals surface area contributed by atoms with Crippen LogP contribution in [0, 0.1) is 0 Å². The van der Waals surface area contributed by atoms with Crippen LogP contribution >= 0.6 is 0 Å². The normalized spacial score (nSPS) is 15.0. The quantitative estimate of drug-likeness (QED) is 0.756. The molecule has 114 valence electrons. The summed E-state index contributed by atoms with van der Waals surface area (Å²) in [7, 11) is 0. The lowest BCUT2D eigenvalue weighted by atomic mass is 9.98. The molecule has 3 N–H and O–H groups in total. The molecular formula is C16H23N3O2. The van der Waals surface area contributed by atoms with Gasteiger partial charge in [0, 0.05) is 18.7 Å². The zero-order valence-electron chi connectivity index (χ0n) is 12.7. The van der Waals surface area contributed by atoms with E-state index in [1.165, 1.54) is 5.56 Å². The van der Waals surface area contributed by atoms with Crippen molar-refractivity contribution in [2.75, 3.05) is 13.1 Å². The standard InChI is InChI=1S/C16H23N3O2/c1-3-7-18-15(20)11(2)19-16(21)13-5-4-12-6-8-17-10-14(12)9-13/h4-5,9,11,17H,3,6-8,10H2,1-2H3,(H,18,20)(H,19,21). The van der Waals surface area contributed by atoms with Gasteiger partial charge in [0.1, 0.15) is 6.04 Å². The average molecular weight is 289 g/mol. The predicted octanol–water partition coefficient (Wildman–Crippen LogP) is 0.977. The third kappa shape index (κ3) is 4.04. The molecule has 0 radical (unpaired) electrons. The molecule has 1 unspecified atom stereocenters. The van der Waals surface area contributed by atoms with E-state index >= 15 is 0 Å². The Labute approximate surface area is 125 Å². The molecule has 1 aromatic carbocycles. The van der Waals surface area contributed by atoms with Crippen LogP contribution < -0.4 is 16.0 Å². The van der Waals surface area contributed by atoms with E-state index in [2.05, 4.69) is 16.0 Å². The number of nitrogens with one attached hydrogen (secondary N) is 3. The molecule has 0 saturated carbocycles. The molecule has 0 bridgehead atoms. The van der Waals surface area contributed by atoms with Gasteiger partial charge in [-0.2, -0.15) is 0 Å². The summed E-state index contributed by atoms with van der Waals surface area (Å²) in [5.74, 6) is -0.354. The van der Waals surface area contributed by atoms with E-state index in [4.69, 9.17) is 0 Å². The van der Waals surface area contributed by atoms with Crippen LogP contribution in [-0.4, -0.2) is 30.9 Å². The van der Waals surface area contributed by atoms with Gasteiger partial charge in [-0.25, -0.2) is 0 Å². The number of carbonyl (C=O) groups is 2. The second kappa shape index (κ2) is 7.22. The highest BCUT2D eigenvalue weighted by Gasteiger charge is 2.17. The van der Waals surface area contributed by atoms with Crippen molar-refractivity contribution in [1.82, 2.24) is 16.0 Å². The fraction of sp³-hybridized carbons (Fsp3) is 0.500. The Bertz CT molecular complexity index is 528. The van der Waals surface area contributed by atoms with Gasteiger partial charge in [0.2, 0.25) is 5.91 Å². The van der Waals surface area contributed by atoms with Gasteiger partial charge in [0.15, 0.2) is 0 Å². The minimum atomic E-state index is -0.529. The number of hydrogen-bond donors (Lipinski definition) is 3. The molecule has 0 fully saturated rings. The van der Waals surface area contributed by atoms with Gasteiger partial charge in [-0.1, -0.05) is 13.0 Å². The molecule has 1 heterocycles. The van der Waals surface area contributed by atoms with Crippen LogP contribution in [-0.2, 0) is 17.8 Å². The van der Waals surface area contributed by atoms with Gasteiger partial charge in [-0.05, 0) is 49.6 Å². The van der Waals surface area contributed by atoms with Crippen LogP contribution in [0.25, 0.3) is 0 Å². The van der Waals surface area contributed by atoms with Gasteiger partial charge in [-0.15, -0.1) is 0 Å². The largest absolute Gasteiger partial charge is 0.354 e. The highest BCUT2D eigenvalue weighted by atomic mass is 16.2. The minimum absolute atomic E-state index is 0.148. The zero-order valence-corrected chi connectivity index (χ0v) is 12.7. The van der Waals surface area contributed by atoms with E-state index in [0.29, 0.717) is 12.1 Å². The van der Waals surface area contributed by atoms with E-state index < -0.39 is 6.04 Å². The molecule has 21 heavy (non-hydrogen) atoms. The van der Waals surface area contributed by atoms with E-state index in [0.717, 1.165) is 31.5 Å². The number of hydrogen-bond acceptors (Lipinski definition) is 3. The zero-order chi connectivity index (χ0) is 15.2. The van der Waals surface area contributed by atoms with Crippen LogP contribution in [0.15, 0.2) is 18.2 Å². The summed E-state index contributed by atoms with van der Waals surface area (Å²) in [6.07, 6.45) is 1.87. The molecule has 1 atom stereocenters. The van der Waals surface area contributed by atoms with Crippen molar-refractivity contribution >= 4 is 11.8 Å². The summed E-state index contributed by atoms with van der Waals surface area (Å²) in [6, 6.07) is 5.22. The second-order valence-corrected chi connectivity index (χ2v) is 5.40. The summed E-state index contributed by atoms with van der Waals surface area (Å²) in [4.78, 5) is 24.0. The summed E-state index contributed by atoms with van der Waals surface area (Å²) in [5, 5.41) is 8.81. The third-order valence-electron chi connectivity index (χ3n) is 3.65. The van der Waals surface area contributed by atoms with Crippen molar-refractivity contribution in [2.24, 2.45) is 0 Å². The molecular weight excluding hydrogens is 266 g/mol. The molecule has 0 aromatic heterocycles. The number of amides is 2. The Morgan fingerprint density at radius 1 is 1.33 bits per heavy atom. The third-order valence-corrected chi connectivity index (χ3v) is 3.65. The topological polar surface area (TPSA) is 70.2 Å². The van der Waals surface area contributed by atoms with Crippen LogP contribution in [0.4, 0.5) is 0 Å². The smallest absolute Gasteiger partial charge is 0.251 e. The maximum Gasteiger partial charge on any atom is 0.251 e. The number of fused-ring (bicyclic) bond motifs is 1. The van der Waals surface area contributed by atoms with Crippen molar-refractivity contribution < 1.29 is 9.59 Å². The lowest BCUT2D eigenvalue weighted by Gasteiger charge is -2.18. The van der Waals surface area contributed by atoms with Crippen molar-refractivity contribution in [3.8, 4) is 0 Å². The van der Waals surface area contributed by atoms with Crippen molar-refractivity contribution in [2.45, 2.75) is 39.3 Å². The van der Waals surface area contributed by atoms with Crippen molar-refractivity contribution in [3.63, 3.8) is 0 Å². The molecule has 0 aliphatic carbocycles.